The average molecular weight is 362 g/mol. The molecule has 0 fully saturated rings. The first-order valence-electron chi connectivity index (χ1n) is 7.47. The first-order valence-corrected chi connectivity index (χ1v) is 8.24. The fourth-order valence-electron chi connectivity index (χ4n) is 2.06. The summed E-state index contributed by atoms with van der Waals surface area (Å²) in [5.41, 5.74) is 4.23. The van der Waals surface area contributed by atoms with E-state index in [4.69, 9.17) is 4.74 Å². The van der Waals surface area contributed by atoms with Crippen LogP contribution in [0, 0.1) is 6.92 Å². The fourth-order valence-corrected chi connectivity index (χ4v) is 2.89. The molecule has 0 aliphatic carbocycles. The van der Waals surface area contributed by atoms with Gasteiger partial charge in [0, 0.05) is 0 Å². The maximum atomic E-state index is 12.1. The summed E-state index contributed by atoms with van der Waals surface area (Å²) in [5, 5.41) is 16.8. The number of hydrogen-bond donors (Lipinski definition) is 3. The molecule has 1 aromatic heterocycles. The Morgan fingerprint density at radius 3 is 2.76 bits per heavy atom. The molecule has 0 unspecified atom stereocenters. The molecular formula is C16H18N4O4S. The van der Waals surface area contributed by atoms with Crippen molar-refractivity contribution in [2.75, 3.05) is 11.9 Å². The minimum absolute atomic E-state index is 0.115. The van der Waals surface area contributed by atoms with Gasteiger partial charge in [-0.2, -0.15) is 9.47 Å². The Morgan fingerprint density at radius 2 is 2.08 bits per heavy atom. The standard InChI is InChI=1S/C16H18N4O4S/c1-4-24-16(23)17-15-13(10(3)20-25-15)9(2)18-19-14(22)11-7-5-6-8-12(11)21/h5-8,21H,4H2,1-3H3,(H,17,23)(H,19,22)/b18-9+. The zero-order valence-corrected chi connectivity index (χ0v) is 14.8. The number of phenolic OH excluding ortho intramolecular Hbond substituents is 1. The van der Waals surface area contributed by atoms with Crippen molar-refractivity contribution in [3.63, 3.8) is 0 Å². The van der Waals surface area contributed by atoms with Gasteiger partial charge in [0.25, 0.3) is 5.91 Å². The van der Waals surface area contributed by atoms with E-state index >= 15 is 0 Å². The Bertz CT molecular complexity index is 816. The van der Waals surface area contributed by atoms with Crippen molar-refractivity contribution in [3.8, 4) is 5.75 Å². The Morgan fingerprint density at radius 1 is 1.36 bits per heavy atom. The van der Waals surface area contributed by atoms with Gasteiger partial charge in [0.15, 0.2) is 0 Å². The van der Waals surface area contributed by atoms with Crippen LogP contribution in [0.3, 0.4) is 0 Å². The summed E-state index contributed by atoms with van der Waals surface area (Å²) in [6, 6.07) is 6.16. The van der Waals surface area contributed by atoms with Crippen molar-refractivity contribution in [2.45, 2.75) is 20.8 Å². The molecule has 2 amide bonds. The van der Waals surface area contributed by atoms with Crippen LogP contribution in [0.2, 0.25) is 0 Å². The lowest BCUT2D eigenvalue weighted by atomic mass is 10.1. The summed E-state index contributed by atoms with van der Waals surface area (Å²) in [6.07, 6.45) is -0.585. The summed E-state index contributed by atoms with van der Waals surface area (Å²) in [5.74, 6) is -0.677. The van der Waals surface area contributed by atoms with Crippen molar-refractivity contribution in [1.29, 1.82) is 0 Å². The number of phenols is 1. The van der Waals surface area contributed by atoms with Gasteiger partial charge in [-0.25, -0.2) is 10.2 Å². The van der Waals surface area contributed by atoms with Gasteiger partial charge in [-0.1, -0.05) is 12.1 Å². The zero-order chi connectivity index (χ0) is 18.4. The molecular weight excluding hydrogens is 344 g/mol. The Labute approximate surface area is 148 Å². The number of nitrogens with zero attached hydrogens (tertiary/aromatic N) is 2. The number of hydrazone groups is 1. The lowest BCUT2D eigenvalue weighted by Gasteiger charge is -2.07. The second-order valence-electron chi connectivity index (χ2n) is 4.97. The lowest BCUT2D eigenvalue weighted by molar-refractivity contribution is 0.0952. The van der Waals surface area contributed by atoms with E-state index in [0.29, 0.717) is 22.0 Å². The van der Waals surface area contributed by atoms with Crippen LogP contribution in [0.1, 0.15) is 35.5 Å². The zero-order valence-electron chi connectivity index (χ0n) is 14.0. The quantitative estimate of drug-likeness (QED) is 0.559. The highest BCUT2D eigenvalue weighted by Gasteiger charge is 2.17. The number of anilines is 1. The maximum Gasteiger partial charge on any atom is 0.412 e. The Kier molecular flexibility index (Phi) is 6.07. The molecule has 3 N–H and O–H groups in total. The molecule has 8 nitrogen and oxygen atoms in total. The summed E-state index contributed by atoms with van der Waals surface area (Å²) >= 11 is 1.10. The molecule has 1 aromatic carbocycles. The number of aromatic hydroxyl groups is 1. The third-order valence-electron chi connectivity index (χ3n) is 3.19. The van der Waals surface area contributed by atoms with E-state index in [9.17, 15) is 14.7 Å². The molecule has 0 radical (unpaired) electrons. The Balaban J connectivity index is 2.17. The largest absolute Gasteiger partial charge is 0.507 e. The third-order valence-corrected chi connectivity index (χ3v) is 4.04. The van der Waals surface area contributed by atoms with Crippen LogP contribution in [0.5, 0.6) is 5.75 Å². The van der Waals surface area contributed by atoms with E-state index in [2.05, 4.69) is 20.2 Å². The van der Waals surface area contributed by atoms with Crippen molar-refractivity contribution < 1.29 is 19.4 Å². The van der Waals surface area contributed by atoms with Gasteiger partial charge in [0.05, 0.1) is 29.1 Å². The summed E-state index contributed by atoms with van der Waals surface area (Å²) in [4.78, 5) is 23.7. The number of aryl methyl sites for hydroxylation is 1. The first-order chi connectivity index (χ1) is 11.9. The number of carbonyl (C=O) groups excluding carboxylic acids is 2. The molecule has 9 heteroatoms. The first kappa shape index (κ1) is 18.4. The number of ether oxygens (including phenoxy) is 1. The number of amides is 2. The molecule has 132 valence electrons. The van der Waals surface area contributed by atoms with Gasteiger partial charge in [-0.15, -0.1) is 0 Å². The molecule has 0 spiro atoms. The van der Waals surface area contributed by atoms with Crippen molar-refractivity contribution in [1.82, 2.24) is 9.80 Å². The van der Waals surface area contributed by atoms with Crippen LogP contribution < -0.4 is 10.7 Å². The molecule has 0 saturated heterocycles. The van der Waals surface area contributed by atoms with E-state index in [1.807, 2.05) is 0 Å². The molecule has 1 heterocycles. The van der Waals surface area contributed by atoms with Crippen LogP contribution in [0.4, 0.5) is 9.80 Å². The van der Waals surface area contributed by atoms with Crippen molar-refractivity contribution >= 4 is 34.2 Å². The minimum atomic E-state index is -0.585. The molecule has 0 atom stereocenters. The average Bonchev–Trinajstić information content (AvgIpc) is 2.93. The maximum absolute atomic E-state index is 12.1. The molecule has 2 rings (SSSR count). The molecule has 0 aliphatic rings. The number of hydrogen-bond acceptors (Lipinski definition) is 7. The van der Waals surface area contributed by atoms with Gasteiger partial charge < -0.3 is 9.84 Å². The SMILES string of the molecule is CCOC(=O)Nc1snc(C)c1/C(C)=N/NC(=O)c1ccccc1O. The van der Waals surface area contributed by atoms with Crippen molar-refractivity contribution in [2.24, 2.45) is 5.10 Å². The highest BCUT2D eigenvalue weighted by atomic mass is 32.1. The van der Waals surface area contributed by atoms with Crippen LogP contribution >= 0.6 is 11.5 Å². The van der Waals surface area contributed by atoms with E-state index in [1.165, 1.54) is 12.1 Å². The second kappa shape index (κ2) is 8.25. The van der Waals surface area contributed by atoms with Crippen LogP contribution in [-0.2, 0) is 4.74 Å². The van der Waals surface area contributed by atoms with Crippen LogP contribution in [0.25, 0.3) is 0 Å². The van der Waals surface area contributed by atoms with Crippen molar-refractivity contribution in [3.05, 3.63) is 41.1 Å². The summed E-state index contributed by atoms with van der Waals surface area (Å²) in [7, 11) is 0. The third kappa shape index (κ3) is 4.54. The predicted octanol–water partition coefficient (Wildman–Crippen LogP) is 2.88. The van der Waals surface area contributed by atoms with Crippen LogP contribution in [0.15, 0.2) is 29.4 Å². The smallest absolute Gasteiger partial charge is 0.412 e. The highest BCUT2D eigenvalue weighted by molar-refractivity contribution is 7.11. The molecule has 2 aromatic rings. The number of nitrogens with one attached hydrogen (secondary N) is 2. The number of para-hydroxylation sites is 1. The Hall–Kier alpha value is -2.94. The van der Waals surface area contributed by atoms with E-state index < -0.39 is 12.0 Å². The van der Waals surface area contributed by atoms with E-state index in [-0.39, 0.29) is 17.9 Å². The molecule has 0 saturated carbocycles. The van der Waals surface area contributed by atoms with Gasteiger partial charge in [0.1, 0.15) is 10.8 Å². The number of benzene rings is 1. The summed E-state index contributed by atoms with van der Waals surface area (Å²) in [6.45, 7) is 5.41. The van der Waals surface area contributed by atoms with Crippen LogP contribution in [-0.4, -0.2) is 33.8 Å². The van der Waals surface area contributed by atoms with Gasteiger partial charge in [-0.05, 0) is 44.4 Å². The van der Waals surface area contributed by atoms with Gasteiger partial charge >= 0.3 is 6.09 Å². The topological polar surface area (TPSA) is 113 Å². The molecule has 0 aliphatic heterocycles. The molecule has 0 bridgehead atoms. The predicted molar refractivity (Wildman–Crippen MR) is 95.3 cm³/mol. The number of rotatable bonds is 5. The van der Waals surface area contributed by atoms with Gasteiger partial charge in [-0.3, -0.25) is 10.1 Å². The van der Waals surface area contributed by atoms with E-state index in [0.717, 1.165) is 11.5 Å². The van der Waals surface area contributed by atoms with E-state index in [1.54, 1.807) is 32.9 Å². The lowest BCUT2D eigenvalue weighted by Crippen LogP contribution is -2.20. The summed E-state index contributed by atoms with van der Waals surface area (Å²) < 4.78 is 9.04. The number of carbonyl (C=O) groups is 2. The number of aromatic nitrogens is 1. The second-order valence-corrected chi connectivity index (χ2v) is 5.75. The fraction of sp³-hybridized carbons (Fsp3) is 0.250. The monoisotopic (exact) mass is 362 g/mol. The normalized spacial score (nSPS) is 11.1. The molecule has 25 heavy (non-hydrogen) atoms. The minimum Gasteiger partial charge on any atom is -0.507 e. The highest BCUT2D eigenvalue weighted by Crippen LogP contribution is 2.25. The van der Waals surface area contributed by atoms with Gasteiger partial charge in [0.2, 0.25) is 0 Å².